The van der Waals surface area contributed by atoms with Crippen molar-refractivity contribution in [3.63, 3.8) is 0 Å². The molecule has 18 heavy (non-hydrogen) atoms. The smallest absolute Gasteiger partial charge is 0.332 e. The highest BCUT2D eigenvalue weighted by Crippen LogP contribution is 2.20. The number of carbonyl (C=O) groups excluding carboxylic acids is 1. The number of ether oxygens (including phenoxy) is 1. The highest BCUT2D eigenvalue weighted by Gasteiger charge is 2.34. The fourth-order valence-electron chi connectivity index (χ4n) is 2.18. The predicted molar refractivity (Wildman–Crippen MR) is 67.2 cm³/mol. The average molecular weight is 257 g/mol. The van der Waals surface area contributed by atoms with Crippen LogP contribution in [0.4, 0.5) is 0 Å². The SMILES string of the molecule is CCC(C)CC(C)NC(=O)C1CCC(C(=O)O)O1. The van der Waals surface area contributed by atoms with Crippen LogP contribution in [0.15, 0.2) is 0 Å². The van der Waals surface area contributed by atoms with Gasteiger partial charge in [0.15, 0.2) is 6.10 Å². The molecule has 5 nitrogen and oxygen atoms in total. The molecule has 4 unspecified atom stereocenters. The maximum Gasteiger partial charge on any atom is 0.332 e. The van der Waals surface area contributed by atoms with E-state index in [1.54, 1.807) is 0 Å². The lowest BCUT2D eigenvalue weighted by atomic mass is 10.0. The van der Waals surface area contributed by atoms with E-state index in [0.717, 1.165) is 12.8 Å². The summed E-state index contributed by atoms with van der Waals surface area (Å²) in [5.74, 6) is -0.607. The van der Waals surface area contributed by atoms with Gasteiger partial charge in [0.05, 0.1) is 0 Å². The second-order valence-electron chi connectivity index (χ2n) is 5.19. The van der Waals surface area contributed by atoms with E-state index in [4.69, 9.17) is 9.84 Å². The van der Waals surface area contributed by atoms with Gasteiger partial charge in [-0.05, 0) is 32.1 Å². The minimum atomic E-state index is -0.988. The van der Waals surface area contributed by atoms with Crippen molar-refractivity contribution >= 4 is 11.9 Å². The molecule has 0 aromatic heterocycles. The zero-order valence-corrected chi connectivity index (χ0v) is 11.3. The summed E-state index contributed by atoms with van der Waals surface area (Å²) in [5.41, 5.74) is 0. The van der Waals surface area contributed by atoms with Crippen LogP contribution in [0.1, 0.15) is 46.5 Å². The van der Waals surface area contributed by atoms with E-state index in [1.807, 2.05) is 6.92 Å². The summed E-state index contributed by atoms with van der Waals surface area (Å²) >= 11 is 0. The number of carbonyl (C=O) groups is 2. The van der Waals surface area contributed by atoms with Crippen molar-refractivity contribution in [1.82, 2.24) is 5.32 Å². The molecule has 0 spiro atoms. The first-order valence-electron chi connectivity index (χ1n) is 6.62. The number of carboxylic acid groups (broad SMARTS) is 1. The van der Waals surface area contributed by atoms with Crippen molar-refractivity contribution in [1.29, 1.82) is 0 Å². The number of amides is 1. The fourth-order valence-corrected chi connectivity index (χ4v) is 2.18. The Hall–Kier alpha value is -1.10. The normalized spacial score (nSPS) is 26.6. The van der Waals surface area contributed by atoms with Gasteiger partial charge in [-0.1, -0.05) is 20.3 Å². The van der Waals surface area contributed by atoms with Crippen LogP contribution in [0.5, 0.6) is 0 Å². The van der Waals surface area contributed by atoms with Crippen LogP contribution in [0.2, 0.25) is 0 Å². The van der Waals surface area contributed by atoms with Crippen molar-refractivity contribution in [2.24, 2.45) is 5.92 Å². The van der Waals surface area contributed by atoms with Crippen LogP contribution in [-0.2, 0) is 14.3 Å². The van der Waals surface area contributed by atoms with E-state index >= 15 is 0 Å². The van der Waals surface area contributed by atoms with Crippen LogP contribution >= 0.6 is 0 Å². The third-order valence-electron chi connectivity index (χ3n) is 3.43. The van der Waals surface area contributed by atoms with Gasteiger partial charge in [0, 0.05) is 6.04 Å². The summed E-state index contributed by atoms with van der Waals surface area (Å²) in [6, 6.07) is 0.0972. The van der Waals surface area contributed by atoms with E-state index in [-0.39, 0.29) is 11.9 Å². The summed E-state index contributed by atoms with van der Waals surface area (Å²) in [7, 11) is 0. The number of nitrogens with one attached hydrogen (secondary N) is 1. The molecule has 1 aliphatic rings. The molecule has 1 heterocycles. The molecule has 4 atom stereocenters. The van der Waals surface area contributed by atoms with Crippen LogP contribution in [-0.4, -0.2) is 35.2 Å². The standard InChI is InChI=1S/C13H23NO4/c1-4-8(2)7-9(3)14-12(15)10-5-6-11(18-10)13(16)17/h8-11H,4-7H2,1-3H3,(H,14,15)(H,16,17). The van der Waals surface area contributed by atoms with Crippen LogP contribution < -0.4 is 5.32 Å². The minimum Gasteiger partial charge on any atom is -0.479 e. The lowest BCUT2D eigenvalue weighted by Gasteiger charge is -2.19. The second-order valence-corrected chi connectivity index (χ2v) is 5.19. The van der Waals surface area contributed by atoms with E-state index in [0.29, 0.717) is 18.8 Å². The largest absolute Gasteiger partial charge is 0.479 e. The van der Waals surface area contributed by atoms with E-state index in [1.165, 1.54) is 0 Å². The van der Waals surface area contributed by atoms with Crippen LogP contribution in [0.25, 0.3) is 0 Å². The quantitative estimate of drug-likeness (QED) is 0.757. The van der Waals surface area contributed by atoms with Gasteiger partial charge in [-0.15, -0.1) is 0 Å². The Bertz CT molecular complexity index is 305. The highest BCUT2D eigenvalue weighted by molar-refractivity contribution is 5.82. The minimum absolute atomic E-state index is 0.0972. The van der Waals surface area contributed by atoms with Gasteiger partial charge < -0.3 is 15.2 Å². The molecule has 0 saturated carbocycles. The number of hydrogen-bond donors (Lipinski definition) is 2. The second kappa shape index (κ2) is 6.73. The Labute approximate surface area is 108 Å². The summed E-state index contributed by atoms with van der Waals surface area (Å²) in [5, 5.41) is 11.7. The number of rotatable bonds is 6. The Balaban J connectivity index is 2.35. The first kappa shape index (κ1) is 15.0. The Morgan fingerprint density at radius 1 is 1.33 bits per heavy atom. The van der Waals surface area contributed by atoms with Gasteiger partial charge in [-0.3, -0.25) is 4.79 Å². The maximum atomic E-state index is 11.9. The Morgan fingerprint density at radius 2 is 1.94 bits per heavy atom. The lowest BCUT2D eigenvalue weighted by Crippen LogP contribution is -2.41. The molecule has 2 N–H and O–H groups in total. The molecule has 1 amide bonds. The summed E-state index contributed by atoms with van der Waals surface area (Å²) < 4.78 is 5.21. The van der Waals surface area contributed by atoms with Crippen molar-refractivity contribution < 1.29 is 19.4 Å². The Kier molecular flexibility index (Phi) is 5.59. The summed E-state index contributed by atoms with van der Waals surface area (Å²) in [6.07, 6.45) is 1.47. The molecule has 1 rings (SSSR count). The van der Waals surface area contributed by atoms with Crippen molar-refractivity contribution in [2.75, 3.05) is 0 Å². The first-order valence-corrected chi connectivity index (χ1v) is 6.62. The van der Waals surface area contributed by atoms with Gasteiger partial charge >= 0.3 is 5.97 Å². The zero-order valence-electron chi connectivity index (χ0n) is 11.3. The van der Waals surface area contributed by atoms with Gasteiger partial charge in [0.1, 0.15) is 6.10 Å². The van der Waals surface area contributed by atoms with E-state index < -0.39 is 18.2 Å². The van der Waals surface area contributed by atoms with Gasteiger partial charge in [0.25, 0.3) is 0 Å². The third-order valence-corrected chi connectivity index (χ3v) is 3.43. The highest BCUT2D eigenvalue weighted by atomic mass is 16.5. The molecular formula is C13H23NO4. The molecule has 0 aromatic carbocycles. The summed E-state index contributed by atoms with van der Waals surface area (Å²) in [4.78, 5) is 22.6. The van der Waals surface area contributed by atoms with Gasteiger partial charge in [-0.2, -0.15) is 0 Å². The van der Waals surface area contributed by atoms with Crippen molar-refractivity contribution in [3.8, 4) is 0 Å². The Morgan fingerprint density at radius 3 is 2.44 bits per heavy atom. The van der Waals surface area contributed by atoms with E-state index in [2.05, 4.69) is 19.2 Å². The number of carboxylic acids is 1. The molecule has 5 heteroatoms. The van der Waals surface area contributed by atoms with E-state index in [9.17, 15) is 9.59 Å². The molecule has 0 aromatic rings. The van der Waals surface area contributed by atoms with Gasteiger partial charge in [0.2, 0.25) is 5.91 Å². The fraction of sp³-hybridized carbons (Fsp3) is 0.846. The first-order chi connectivity index (χ1) is 8.43. The third kappa shape index (κ3) is 4.29. The monoisotopic (exact) mass is 257 g/mol. The molecule has 1 aliphatic heterocycles. The molecule has 1 fully saturated rings. The van der Waals surface area contributed by atoms with Crippen molar-refractivity contribution in [2.45, 2.75) is 64.7 Å². The molecule has 104 valence electrons. The molecule has 0 radical (unpaired) electrons. The topological polar surface area (TPSA) is 75.6 Å². The molecular weight excluding hydrogens is 234 g/mol. The lowest BCUT2D eigenvalue weighted by molar-refractivity contribution is -0.151. The molecule has 1 saturated heterocycles. The summed E-state index contributed by atoms with van der Waals surface area (Å²) in [6.45, 7) is 6.24. The predicted octanol–water partition coefficient (Wildman–Crippen LogP) is 1.56. The van der Waals surface area contributed by atoms with Crippen molar-refractivity contribution in [3.05, 3.63) is 0 Å². The van der Waals surface area contributed by atoms with Crippen LogP contribution in [0, 0.1) is 5.92 Å². The number of hydrogen-bond acceptors (Lipinski definition) is 3. The maximum absolute atomic E-state index is 11.9. The number of aliphatic carboxylic acids is 1. The molecule has 0 bridgehead atoms. The molecule has 0 aliphatic carbocycles. The average Bonchev–Trinajstić information content (AvgIpc) is 2.77. The zero-order chi connectivity index (χ0) is 13.7. The van der Waals surface area contributed by atoms with Gasteiger partial charge in [-0.25, -0.2) is 4.79 Å². The van der Waals surface area contributed by atoms with Crippen LogP contribution in [0.3, 0.4) is 0 Å².